The molecule has 1 aliphatic heterocycles. The third-order valence-corrected chi connectivity index (χ3v) is 6.18. The average molecular weight is 464 g/mol. The lowest BCUT2D eigenvalue weighted by Crippen LogP contribution is -2.53. The normalized spacial score (nSPS) is 14.7. The molecule has 1 atom stereocenters. The van der Waals surface area contributed by atoms with E-state index in [1.165, 1.54) is 0 Å². The van der Waals surface area contributed by atoms with Crippen LogP contribution in [0.25, 0.3) is 0 Å². The highest BCUT2D eigenvalue weighted by Gasteiger charge is 2.33. The Labute approximate surface area is 201 Å². The number of nitrogens with zero attached hydrogens (tertiary/aromatic N) is 1. The molecule has 0 radical (unpaired) electrons. The van der Waals surface area contributed by atoms with Crippen molar-refractivity contribution in [2.24, 2.45) is 5.92 Å². The maximum Gasteiger partial charge on any atom is 0.251 e. The fraction of sp³-hybridized carbons (Fsp3) is 0.370. The summed E-state index contributed by atoms with van der Waals surface area (Å²) in [6.45, 7) is 5.11. The molecule has 0 unspecified atom stereocenters. The minimum absolute atomic E-state index is 0.0646. The van der Waals surface area contributed by atoms with Gasteiger partial charge in [0.25, 0.3) is 5.91 Å². The van der Waals surface area contributed by atoms with E-state index in [9.17, 15) is 14.4 Å². The van der Waals surface area contributed by atoms with Gasteiger partial charge in [-0.3, -0.25) is 14.4 Å². The first-order chi connectivity index (χ1) is 16.5. The summed E-state index contributed by atoms with van der Waals surface area (Å²) in [5.74, 6) is 0.155. The van der Waals surface area contributed by atoms with Gasteiger partial charge in [0, 0.05) is 31.6 Å². The van der Waals surface area contributed by atoms with E-state index in [0.717, 1.165) is 5.56 Å². The van der Waals surface area contributed by atoms with Crippen molar-refractivity contribution < 1.29 is 19.1 Å². The summed E-state index contributed by atoms with van der Waals surface area (Å²) >= 11 is 0. The van der Waals surface area contributed by atoms with Crippen LogP contribution in [0.15, 0.2) is 67.3 Å². The number of benzene rings is 2. The van der Waals surface area contributed by atoms with Crippen molar-refractivity contribution in [3.8, 4) is 5.75 Å². The van der Waals surface area contributed by atoms with Crippen LogP contribution in [0, 0.1) is 5.92 Å². The number of likely N-dealkylation sites (tertiary alicyclic amines) is 1. The highest BCUT2D eigenvalue weighted by Crippen LogP contribution is 2.23. The Bertz CT molecular complexity index is 967. The third kappa shape index (κ3) is 6.94. The van der Waals surface area contributed by atoms with E-state index >= 15 is 0 Å². The summed E-state index contributed by atoms with van der Waals surface area (Å²) in [7, 11) is 1.56. The summed E-state index contributed by atoms with van der Waals surface area (Å²) in [6, 6.07) is 16.0. The van der Waals surface area contributed by atoms with Crippen molar-refractivity contribution in [2.45, 2.75) is 31.7 Å². The highest BCUT2D eigenvalue weighted by molar-refractivity contribution is 5.97. The van der Waals surface area contributed by atoms with Gasteiger partial charge in [0.05, 0.1) is 7.11 Å². The number of carbonyl (C=O) groups is 3. The predicted molar refractivity (Wildman–Crippen MR) is 132 cm³/mol. The number of aryl methyl sites for hydroxylation is 1. The number of ether oxygens (including phenoxy) is 1. The minimum atomic E-state index is -0.684. The first-order valence-electron chi connectivity index (χ1n) is 11.7. The quantitative estimate of drug-likeness (QED) is 0.531. The molecule has 180 valence electrons. The van der Waals surface area contributed by atoms with Gasteiger partial charge in [-0.25, -0.2) is 0 Å². The van der Waals surface area contributed by atoms with Gasteiger partial charge in [-0.1, -0.05) is 36.4 Å². The Morgan fingerprint density at radius 1 is 1.09 bits per heavy atom. The van der Waals surface area contributed by atoms with Gasteiger partial charge in [-0.2, -0.15) is 0 Å². The van der Waals surface area contributed by atoms with Crippen LogP contribution < -0.4 is 15.4 Å². The van der Waals surface area contributed by atoms with Crippen molar-refractivity contribution in [1.82, 2.24) is 15.5 Å². The van der Waals surface area contributed by atoms with Crippen LogP contribution in [0.1, 0.15) is 35.2 Å². The van der Waals surface area contributed by atoms with E-state index < -0.39 is 6.04 Å². The molecular formula is C27H33N3O4. The van der Waals surface area contributed by atoms with Gasteiger partial charge in [0.1, 0.15) is 11.8 Å². The molecule has 0 saturated carbocycles. The molecule has 0 aromatic heterocycles. The molecule has 0 aliphatic carbocycles. The maximum atomic E-state index is 12.9. The fourth-order valence-corrected chi connectivity index (χ4v) is 4.18. The van der Waals surface area contributed by atoms with Crippen LogP contribution in [0.4, 0.5) is 0 Å². The molecule has 2 N–H and O–H groups in total. The second kappa shape index (κ2) is 12.6. The zero-order valence-corrected chi connectivity index (χ0v) is 19.7. The van der Waals surface area contributed by atoms with Crippen LogP contribution in [-0.4, -0.2) is 55.4 Å². The van der Waals surface area contributed by atoms with Gasteiger partial charge in [0.2, 0.25) is 11.8 Å². The number of hydrogen-bond donors (Lipinski definition) is 2. The van der Waals surface area contributed by atoms with Gasteiger partial charge < -0.3 is 20.3 Å². The molecule has 3 amide bonds. The molecule has 2 aromatic rings. The molecule has 1 saturated heterocycles. The fourth-order valence-electron chi connectivity index (χ4n) is 4.18. The van der Waals surface area contributed by atoms with Crippen molar-refractivity contribution >= 4 is 17.7 Å². The van der Waals surface area contributed by atoms with Crippen LogP contribution in [-0.2, 0) is 16.0 Å². The minimum Gasteiger partial charge on any atom is -0.497 e. The Kier molecular flexibility index (Phi) is 9.26. The summed E-state index contributed by atoms with van der Waals surface area (Å²) in [6.07, 6.45) is 4.07. The molecule has 0 spiro atoms. The lowest BCUT2D eigenvalue weighted by molar-refractivity contribution is -0.133. The highest BCUT2D eigenvalue weighted by atomic mass is 16.5. The first-order valence-corrected chi connectivity index (χ1v) is 11.7. The van der Waals surface area contributed by atoms with Crippen molar-refractivity contribution in [3.05, 3.63) is 78.4 Å². The topological polar surface area (TPSA) is 87.7 Å². The molecule has 0 bridgehead atoms. The largest absolute Gasteiger partial charge is 0.497 e. The van der Waals surface area contributed by atoms with E-state index in [4.69, 9.17) is 4.74 Å². The third-order valence-electron chi connectivity index (χ3n) is 6.18. The van der Waals surface area contributed by atoms with Gasteiger partial charge in [0.15, 0.2) is 0 Å². The van der Waals surface area contributed by atoms with Gasteiger partial charge in [-0.05, 0) is 55.0 Å². The summed E-state index contributed by atoms with van der Waals surface area (Å²) in [5.41, 5.74) is 1.60. The molecule has 2 aromatic carbocycles. The SMILES string of the molecule is C=CCNC(=O)[C@@H](NC(=O)c1ccc(OC)cc1)C1CCN(C(=O)CCc2ccccc2)CC1. The number of carbonyl (C=O) groups excluding carboxylic acids is 3. The number of hydrogen-bond acceptors (Lipinski definition) is 4. The Hall–Kier alpha value is -3.61. The molecule has 1 fully saturated rings. The average Bonchev–Trinajstić information content (AvgIpc) is 2.89. The van der Waals surface area contributed by atoms with E-state index in [2.05, 4.69) is 17.2 Å². The predicted octanol–water partition coefficient (Wildman–Crippen LogP) is 2.97. The van der Waals surface area contributed by atoms with Crippen molar-refractivity contribution in [2.75, 3.05) is 26.7 Å². The van der Waals surface area contributed by atoms with E-state index in [1.54, 1.807) is 37.5 Å². The molecule has 34 heavy (non-hydrogen) atoms. The molecule has 3 rings (SSSR count). The lowest BCUT2D eigenvalue weighted by atomic mass is 9.88. The number of amides is 3. The zero-order chi connectivity index (χ0) is 24.3. The first kappa shape index (κ1) is 25.0. The molecule has 7 heteroatoms. The Morgan fingerprint density at radius 3 is 2.38 bits per heavy atom. The summed E-state index contributed by atoms with van der Waals surface area (Å²) < 4.78 is 5.14. The zero-order valence-electron chi connectivity index (χ0n) is 19.7. The van der Waals surface area contributed by atoms with Gasteiger partial charge >= 0.3 is 0 Å². The monoisotopic (exact) mass is 463 g/mol. The van der Waals surface area contributed by atoms with E-state index in [-0.39, 0.29) is 23.6 Å². The van der Waals surface area contributed by atoms with Crippen LogP contribution in [0.5, 0.6) is 5.75 Å². The second-order valence-corrected chi connectivity index (χ2v) is 8.42. The van der Waals surface area contributed by atoms with Crippen molar-refractivity contribution in [1.29, 1.82) is 0 Å². The number of rotatable bonds is 10. The molecular weight excluding hydrogens is 430 g/mol. The summed E-state index contributed by atoms with van der Waals surface area (Å²) in [5, 5.41) is 5.72. The number of nitrogens with one attached hydrogen (secondary N) is 2. The standard InChI is InChI=1S/C27H33N3O4/c1-3-17-28-27(33)25(29-26(32)22-10-12-23(34-2)13-11-22)21-15-18-30(19-16-21)24(31)14-9-20-7-5-4-6-8-20/h3-8,10-13,21,25H,1,9,14-19H2,2H3,(H,28,33)(H,29,32)/t25-/m0/s1. The second-order valence-electron chi connectivity index (χ2n) is 8.42. The molecule has 1 aliphatic rings. The molecule has 1 heterocycles. The number of methoxy groups -OCH3 is 1. The van der Waals surface area contributed by atoms with E-state index in [1.807, 2.05) is 35.2 Å². The smallest absolute Gasteiger partial charge is 0.251 e. The molecule has 7 nitrogen and oxygen atoms in total. The van der Waals surface area contributed by atoms with Gasteiger partial charge in [-0.15, -0.1) is 6.58 Å². The van der Waals surface area contributed by atoms with Crippen molar-refractivity contribution in [3.63, 3.8) is 0 Å². The Morgan fingerprint density at radius 2 is 1.76 bits per heavy atom. The van der Waals surface area contributed by atoms with Crippen LogP contribution in [0.3, 0.4) is 0 Å². The van der Waals surface area contributed by atoms with Crippen LogP contribution in [0.2, 0.25) is 0 Å². The summed E-state index contributed by atoms with van der Waals surface area (Å²) in [4.78, 5) is 40.3. The van der Waals surface area contributed by atoms with E-state index in [0.29, 0.717) is 56.6 Å². The maximum absolute atomic E-state index is 12.9. The number of piperidine rings is 1. The van der Waals surface area contributed by atoms with Crippen LogP contribution >= 0.6 is 0 Å². The Balaban J connectivity index is 1.59. The lowest BCUT2D eigenvalue weighted by Gasteiger charge is -2.36.